The Balaban J connectivity index is 1.97. The fourth-order valence-electron chi connectivity index (χ4n) is 4.04. The molecule has 1 saturated heterocycles. The number of fused-ring (bicyclic) bond motifs is 4. The van der Waals surface area contributed by atoms with Crippen molar-refractivity contribution in [2.45, 2.75) is 18.3 Å². The van der Waals surface area contributed by atoms with Crippen molar-refractivity contribution in [3.63, 3.8) is 0 Å². The van der Waals surface area contributed by atoms with Crippen LogP contribution in [0, 0.1) is 0 Å². The third-order valence-corrected chi connectivity index (χ3v) is 4.87. The number of piperidine rings is 1. The summed E-state index contributed by atoms with van der Waals surface area (Å²) in [7, 11) is 1.75. The van der Waals surface area contributed by atoms with E-state index in [4.69, 9.17) is 0 Å². The van der Waals surface area contributed by atoms with E-state index < -0.39 is 0 Å². The average molecular weight is 281 g/mol. The smallest absolute Gasteiger partial charge is 0.274 e. The predicted octanol–water partition coefficient (Wildman–Crippen LogP) is 2.01. The van der Waals surface area contributed by atoms with Gasteiger partial charge in [-0.3, -0.25) is 9.69 Å². The van der Waals surface area contributed by atoms with Gasteiger partial charge in [0.2, 0.25) is 0 Å². The van der Waals surface area contributed by atoms with Gasteiger partial charge < -0.3 is 0 Å². The number of aryl methyl sites for hydroxylation is 1. The molecule has 1 aliphatic heterocycles. The van der Waals surface area contributed by atoms with Gasteiger partial charge in [-0.25, -0.2) is 4.68 Å². The fourth-order valence-corrected chi connectivity index (χ4v) is 4.04. The lowest BCUT2D eigenvalue weighted by molar-refractivity contribution is 0.199. The first-order valence-corrected chi connectivity index (χ1v) is 7.52. The topological polar surface area (TPSA) is 38.1 Å². The molecule has 4 rings (SSSR count). The maximum atomic E-state index is 12.3. The van der Waals surface area contributed by atoms with Crippen molar-refractivity contribution in [2.75, 3.05) is 19.6 Å². The minimum absolute atomic E-state index is 0.0125. The Morgan fingerprint density at radius 1 is 1.38 bits per heavy atom. The van der Waals surface area contributed by atoms with Crippen LogP contribution in [0.4, 0.5) is 0 Å². The van der Waals surface area contributed by atoms with Crippen molar-refractivity contribution in [3.8, 4) is 0 Å². The van der Waals surface area contributed by atoms with Crippen molar-refractivity contribution < 1.29 is 0 Å². The number of nitrogens with zero attached hydrogens (tertiary/aromatic N) is 3. The zero-order valence-corrected chi connectivity index (χ0v) is 12.2. The quantitative estimate of drug-likeness (QED) is 0.790. The SMILES string of the molecule is C=CCN1CC2CC(C1)c1nn(C)c(=O)c3cccc2c13. The second kappa shape index (κ2) is 4.53. The summed E-state index contributed by atoms with van der Waals surface area (Å²) in [6.45, 7) is 6.84. The lowest BCUT2D eigenvalue weighted by Gasteiger charge is -2.41. The summed E-state index contributed by atoms with van der Waals surface area (Å²) in [6, 6.07) is 6.12. The van der Waals surface area contributed by atoms with E-state index in [0.717, 1.165) is 42.5 Å². The Morgan fingerprint density at radius 2 is 2.19 bits per heavy atom. The van der Waals surface area contributed by atoms with Crippen LogP contribution in [0.3, 0.4) is 0 Å². The van der Waals surface area contributed by atoms with Gasteiger partial charge >= 0.3 is 0 Å². The highest BCUT2D eigenvalue weighted by molar-refractivity contribution is 5.89. The molecule has 0 radical (unpaired) electrons. The Hall–Kier alpha value is -1.94. The maximum absolute atomic E-state index is 12.3. The molecule has 21 heavy (non-hydrogen) atoms. The van der Waals surface area contributed by atoms with E-state index in [2.05, 4.69) is 22.6 Å². The number of likely N-dealkylation sites (tertiary alicyclic amines) is 1. The minimum atomic E-state index is 0.0125. The Morgan fingerprint density at radius 3 is 3.00 bits per heavy atom. The van der Waals surface area contributed by atoms with Gasteiger partial charge in [0.15, 0.2) is 0 Å². The molecule has 2 aromatic rings. The van der Waals surface area contributed by atoms with E-state index >= 15 is 0 Å². The number of benzene rings is 1. The molecule has 1 aliphatic carbocycles. The Kier molecular flexibility index (Phi) is 2.76. The summed E-state index contributed by atoms with van der Waals surface area (Å²) >= 11 is 0. The van der Waals surface area contributed by atoms with E-state index in [1.54, 1.807) is 7.05 Å². The lowest BCUT2D eigenvalue weighted by atomic mass is 9.75. The molecular formula is C17H19N3O. The fraction of sp³-hybridized carbons (Fsp3) is 0.412. The Bertz CT molecular complexity index is 792. The van der Waals surface area contributed by atoms with Crippen molar-refractivity contribution >= 4 is 10.8 Å². The molecular weight excluding hydrogens is 262 g/mol. The number of aromatic nitrogens is 2. The standard InChI is InChI=1S/C17H19N3O/c1-3-7-20-9-11-8-12(10-20)16-15-13(11)5-4-6-14(15)17(21)19(2)18-16/h3-6,11-12H,1,7-10H2,2H3. The van der Waals surface area contributed by atoms with Crippen LogP contribution in [-0.4, -0.2) is 34.3 Å². The number of hydrogen-bond donors (Lipinski definition) is 0. The molecule has 1 fully saturated rings. The monoisotopic (exact) mass is 281 g/mol. The molecule has 2 bridgehead atoms. The number of hydrogen-bond acceptors (Lipinski definition) is 3. The highest BCUT2D eigenvalue weighted by atomic mass is 16.1. The predicted molar refractivity (Wildman–Crippen MR) is 83.7 cm³/mol. The molecule has 4 heteroatoms. The molecule has 0 saturated carbocycles. The molecule has 0 amide bonds. The van der Waals surface area contributed by atoms with Gasteiger partial charge in [0, 0.05) is 38.0 Å². The summed E-state index contributed by atoms with van der Waals surface area (Å²) in [6.07, 6.45) is 3.11. The van der Waals surface area contributed by atoms with Crippen LogP contribution < -0.4 is 5.56 Å². The van der Waals surface area contributed by atoms with Gasteiger partial charge in [-0.1, -0.05) is 18.2 Å². The van der Waals surface area contributed by atoms with Crippen molar-refractivity contribution in [1.82, 2.24) is 14.7 Å². The van der Waals surface area contributed by atoms with E-state index in [9.17, 15) is 4.79 Å². The van der Waals surface area contributed by atoms with Crippen molar-refractivity contribution in [3.05, 3.63) is 52.5 Å². The van der Waals surface area contributed by atoms with Gasteiger partial charge in [-0.15, -0.1) is 6.58 Å². The van der Waals surface area contributed by atoms with Crippen LogP contribution in [0.5, 0.6) is 0 Å². The normalized spacial score (nSPS) is 24.2. The highest BCUT2D eigenvalue weighted by Gasteiger charge is 2.36. The third kappa shape index (κ3) is 1.79. The molecule has 2 aliphatic rings. The first kappa shape index (κ1) is 12.8. The van der Waals surface area contributed by atoms with Crippen molar-refractivity contribution in [2.24, 2.45) is 7.05 Å². The zero-order chi connectivity index (χ0) is 14.6. The van der Waals surface area contributed by atoms with E-state index in [1.807, 2.05) is 18.2 Å². The summed E-state index contributed by atoms with van der Waals surface area (Å²) < 4.78 is 1.49. The first-order chi connectivity index (χ1) is 10.2. The summed E-state index contributed by atoms with van der Waals surface area (Å²) in [4.78, 5) is 14.8. The summed E-state index contributed by atoms with van der Waals surface area (Å²) in [5.74, 6) is 0.932. The van der Waals surface area contributed by atoms with Crippen LogP contribution in [-0.2, 0) is 7.05 Å². The maximum Gasteiger partial charge on any atom is 0.274 e. The minimum Gasteiger partial charge on any atom is -0.298 e. The van der Waals surface area contributed by atoms with Crippen LogP contribution in [0.15, 0.2) is 35.6 Å². The summed E-state index contributed by atoms with van der Waals surface area (Å²) in [5.41, 5.74) is 2.42. The van der Waals surface area contributed by atoms with Gasteiger partial charge in [0.1, 0.15) is 0 Å². The van der Waals surface area contributed by atoms with E-state index in [-0.39, 0.29) is 5.56 Å². The molecule has 0 N–H and O–H groups in total. The van der Waals surface area contributed by atoms with Gasteiger partial charge in [0.25, 0.3) is 5.56 Å². The Labute approximate surface area is 123 Å². The largest absolute Gasteiger partial charge is 0.298 e. The van der Waals surface area contributed by atoms with Crippen LogP contribution in [0.25, 0.3) is 10.8 Å². The van der Waals surface area contributed by atoms with Crippen LogP contribution >= 0.6 is 0 Å². The molecule has 2 atom stereocenters. The van der Waals surface area contributed by atoms with E-state index in [1.165, 1.54) is 10.2 Å². The van der Waals surface area contributed by atoms with E-state index in [0.29, 0.717) is 11.8 Å². The van der Waals surface area contributed by atoms with Crippen LogP contribution in [0.1, 0.15) is 29.5 Å². The highest BCUT2D eigenvalue weighted by Crippen LogP contribution is 2.44. The van der Waals surface area contributed by atoms with Gasteiger partial charge in [-0.2, -0.15) is 5.10 Å². The molecule has 4 nitrogen and oxygen atoms in total. The first-order valence-electron chi connectivity index (χ1n) is 7.52. The van der Waals surface area contributed by atoms with Crippen molar-refractivity contribution in [1.29, 1.82) is 0 Å². The number of rotatable bonds is 2. The van der Waals surface area contributed by atoms with Gasteiger partial charge in [0.05, 0.1) is 11.1 Å². The average Bonchev–Trinajstić information content (AvgIpc) is 2.49. The second-order valence-electron chi connectivity index (χ2n) is 6.22. The van der Waals surface area contributed by atoms with Crippen LogP contribution in [0.2, 0.25) is 0 Å². The molecule has 108 valence electrons. The molecule has 0 spiro atoms. The zero-order valence-electron chi connectivity index (χ0n) is 12.2. The summed E-state index contributed by atoms with van der Waals surface area (Å²) in [5, 5.41) is 6.55. The molecule has 1 aromatic carbocycles. The molecule has 1 aromatic heterocycles. The molecule has 2 unspecified atom stereocenters. The third-order valence-electron chi connectivity index (χ3n) is 4.87. The van der Waals surface area contributed by atoms with Gasteiger partial charge in [-0.05, 0) is 24.0 Å². The lowest BCUT2D eigenvalue weighted by Crippen LogP contribution is -2.41. The molecule has 2 heterocycles. The second-order valence-corrected chi connectivity index (χ2v) is 6.22.